The second kappa shape index (κ2) is 6.16. The van der Waals surface area contributed by atoms with Crippen molar-refractivity contribution in [3.63, 3.8) is 0 Å². The van der Waals surface area contributed by atoms with E-state index in [0.29, 0.717) is 18.0 Å². The first-order valence-corrected chi connectivity index (χ1v) is 5.46. The number of aromatic nitrogens is 1. The zero-order valence-corrected chi connectivity index (χ0v) is 10.3. The summed E-state index contributed by atoms with van der Waals surface area (Å²) in [5.41, 5.74) is 3.52. The van der Waals surface area contributed by atoms with Crippen LogP contribution in [0.5, 0.6) is 0 Å². The summed E-state index contributed by atoms with van der Waals surface area (Å²) in [4.78, 5) is 14.1. The van der Waals surface area contributed by atoms with Crippen LogP contribution in [0.1, 0.15) is 12.6 Å². The third-order valence-corrected chi connectivity index (χ3v) is 2.14. The van der Waals surface area contributed by atoms with E-state index in [1.54, 1.807) is 18.3 Å². The average Bonchev–Trinajstić information content (AvgIpc) is 2.25. The summed E-state index contributed by atoms with van der Waals surface area (Å²) in [6.45, 7) is 2.13. The van der Waals surface area contributed by atoms with Crippen molar-refractivity contribution in [1.29, 1.82) is 0 Å². The Labute approximate surface area is 101 Å². The molecule has 6 nitrogen and oxygen atoms in total. The Morgan fingerprint density at radius 2 is 2.44 bits per heavy atom. The number of pyridine rings is 1. The molecule has 0 bridgehead atoms. The van der Waals surface area contributed by atoms with Crippen molar-refractivity contribution in [2.24, 2.45) is 5.10 Å². The highest BCUT2D eigenvalue weighted by Gasteiger charge is 2.11. The molecule has 1 aromatic heterocycles. The van der Waals surface area contributed by atoms with E-state index in [4.69, 9.17) is 0 Å². The maximum atomic E-state index is 10.5. The third kappa shape index (κ3) is 3.93. The monoisotopic (exact) mass is 286 g/mol. The minimum absolute atomic E-state index is 0.319. The first kappa shape index (κ1) is 12.6. The summed E-state index contributed by atoms with van der Waals surface area (Å²) in [7, 11) is 0. The van der Waals surface area contributed by atoms with Crippen LogP contribution in [0.4, 0.5) is 0 Å². The Morgan fingerprint density at radius 3 is 2.94 bits per heavy atom. The van der Waals surface area contributed by atoms with Crippen molar-refractivity contribution in [3.8, 4) is 0 Å². The quantitative estimate of drug-likeness (QED) is 0.504. The summed E-state index contributed by atoms with van der Waals surface area (Å²) in [6, 6.07) is 3.45. The predicted molar refractivity (Wildman–Crippen MR) is 64.0 cm³/mol. The van der Waals surface area contributed by atoms with Crippen LogP contribution >= 0.6 is 15.9 Å². The number of nitrogens with one attached hydrogen (secondary N) is 1. The van der Waals surface area contributed by atoms with Gasteiger partial charge in [0.05, 0.1) is 5.69 Å². The van der Waals surface area contributed by atoms with Crippen molar-refractivity contribution >= 4 is 21.6 Å². The zero-order valence-electron chi connectivity index (χ0n) is 8.68. The van der Waals surface area contributed by atoms with E-state index in [2.05, 4.69) is 31.4 Å². The SMILES string of the molecule is CCN/N=C(\C[N+](=O)[O-])c1ccc(Br)cn1. The van der Waals surface area contributed by atoms with Gasteiger partial charge >= 0.3 is 0 Å². The van der Waals surface area contributed by atoms with E-state index in [1.165, 1.54) is 0 Å². The second-order valence-electron chi connectivity index (χ2n) is 2.92. The molecule has 0 aromatic carbocycles. The molecule has 0 saturated carbocycles. The first-order valence-electron chi connectivity index (χ1n) is 4.66. The highest BCUT2D eigenvalue weighted by molar-refractivity contribution is 9.10. The molecule has 16 heavy (non-hydrogen) atoms. The van der Waals surface area contributed by atoms with Crippen molar-refractivity contribution in [2.75, 3.05) is 13.1 Å². The van der Waals surface area contributed by atoms with Crippen LogP contribution in [0, 0.1) is 10.1 Å². The molecule has 0 aliphatic rings. The van der Waals surface area contributed by atoms with Gasteiger partial charge in [-0.25, -0.2) is 0 Å². The molecule has 7 heteroatoms. The van der Waals surface area contributed by atoms with Gasteiger partial charge in [-0.15, -0.1) is 0 Å². The highest BCUT2D eigenvalue weighted by Crippen LogP contribution is 2.08. The van der Waals surface area contributed by atoms with Crippen molar-refractivity contribution in [2.45, 2.75) is 6.92 Å². The molecule has 86 valence electrons. The van der Waals surface area contributed by atoms with Crippen molar-refractivity contribution in [1.82, 2.24) is 10.4 Å². The van der Waals surface area contributed by atoms with Crippen LogP contribution in [0.15, 0.2) is 27.9 Å². The Morgan fingerprint density at radius 1 is 1.69 bits per heavy atom. The van der Waals surface area contributed by atoms with Crippen LogP contribution < -0.4 is 5.43 Å². The number of halogens is 1. The van der Waals surface area contributed by atoms with Gasteiger partial charge in [0.15, 0.2) is 5.71 Å². The lowest BCUT2D eigenvalue weighted by atomic mass is 10.2. The summed E-state index contributed by atoms with van der Waals surface area (Å²) in [6.07, 6.45) is 1.58. The van der Waals surface area contributed by atoms with E-state index in [9.17, 15) is 10.1 Å². The molecule has 1 heterocycles. The van der Waals surface area contributed by atoms with Crippen molar-refractivity contribution in [3.05, 3.63) is 38.6 Å². The number of nitro groups is 1. The van der Waals surface area contributed by atoms with E-state index in [1.807, 2.05) is 6.92 Å². The molecular formula is C9H11BrN4O2. The molecule has 1 N–H and O–H groups in total. The van der Waals surface area contributed by atoms with Crippen LogP contribution in [0.3, 0.4) is 0 Å². The molecule has 0 spiro atoms. The molecule has 0 saturated heterocycles. The van der Waals surface area contributed by atoms with Gasteiger partial charge in [-0.2, -0.15) is 5.10 Å². The lowest BCUT2D eigenvalue weighted by Gasteiger charge is -2.02. The molecule has 0 aliphatic carbocycles. The molecule has 0 atom stereocenters. The predicted octanol–water partition coefficient (Wildman–Crippen LogP) is 1.43. The van der Waals surface area contributed by atoms with E-state index in [0.717, 1.165) is 4.47 Å². The first-order chi connectivity index (χ1) is 7.63. The Hall–Kier alpha value is -1.50. The number of hydrazone groups is 1. The van der Waals surface area contributed by atoms with E-state index >= 15 is 0 Å². The van der Waals surface area contributed by atoms with E-state index < -0.39 is 4.92 Å². The Kier molecular flexibility index (Phi) is 4.84. The second-order valence-corrected chi connectivity index (χ2v) is 3.84. The molecule has 1 aromatic rings. The number of hydrogen-bond acceptors (Lipinski definition) is 5. The summed E-state index contributed by atoms with van der Waals surface area (Å²) >= 11 is 3.25. The standard InChI is InChI=1S/C9H11BrN4O2/c1-2-12-13-9(6-14(15)16)8-4-3-7(10)5-11-8/h3-5,12H,2,6H2,1H3/b13-9+. The molecule has 1 rings (SSSR count). The minimum atomic E-state index is -0.431. The van der Waals surface area contributed by atoms with Gasteiger partial charge in [0.1, 0.15) is 0 Å². The van der Waals surface area contributed by atoms with Gasteiger partial charge in [0.2, 0.25) is 6.54 Å². The van der Waals surface area contributed by atoms with Gasteiger partial charge in [0, 0.05) is 22.1 Å². The number of hydrogen-bond donors (Lipinski definition) is 1. The molecule has 0 aliphatic heterocycles. The smallest absolute Gasteiger partial charge is 0.249 e. The minimum Gasteiger partial charge on any atom is -0.310 e. The zero-order chi connectivity index (χ0) is 12.0. The topological polar surface area (TPSA) is 80.4 Å². The molecular weight excluding hydrogens is 276 g/mol. The molecule has 0 unspecified atom stereocenters. The van der Waals surface area contributed by atoms with Gasteiger partial charge in [-0.1, -0.05) is 0 Å². The lowest BCUT2D eigenvalue weighted by molar-refractivity contribution is -0.463. The lowest BCUT2D eigenvalue weighted by Crippen LogP contribution is -2.20. The fourth-order valence-electron chi connectivity index (χ4n) is 1.02. The average molecular weight is 287 g/mol. The van der Waals surface area contributed by atoms with Gasteiger partial charge in [-0.3, -0.25) is 15.1 Å². The van der Waals surface area contributed by atoms with Gasteiger partial charge in [-0.05, 0) is 35.0 Å². The summed E-state index contributed by atoms with van der Waals surface area (Å²) in [5, 5.41) is 14.4. The molecule has 0 amide bonds. The fraction of sp³-hybridized carbons (Fsp3) is 0.333. The van der Waals surface area contributed by atoms with Crippen molar-refractivity contribution < 1.29 is 4.92 Å². The Balaban J connectivity index is 2.91. The maximum absolute atomic E-state index is 10.5. The van der Waals surface area contributed by atoms with Gasteiger partial charge in [0.25, 0.3) is 0 Å². The van der Waals surface area contributed by atoms with Crippen LogP contribution in [0.25, 0.3) is 0 Å². The van der Waals surface area contributed by atoms with Crippen LogP contribution in [0.2, 0.25) is 0 Å². The van der Waals surface area contributed by atoms with Crippen LogP contribution in [-0.4, -0.2) is 28.7 Å². The fourth-order valence-corrected chi connectivity index (χ4v) is 1.25. The number of rotatable bonds is 5. The normalized spacial score (nSPS) is 11.2. The summed E-state index contributed by atoms with van der Waals surface area (Å²) < 4.78 is 0.820. The summed E-state index contributed by atoms with van der Waals surface area (Å²) in [5.74, 6) is 0. The maximum Gasteiger partial charge on any atom is 0.249 e. The molecule has 0 fully saturated rings. The van der Waals surface area contributed by atoms with E-state index in [-0.39, 0.29) is 6.54 Å². The number of nitrogens with zero attached hydrogens (tertiary/aromatic N) is 3. The highest BCUT2D eigenvalue weighted by atomic mass is 79.9. The Bertz CT molecular complexity index is 391. The molecule has 0 radical (unpaired) electrons. The van der Waals surface area contributed by atoms with Gasteiger partial charge < -0.3 is 5.43 Å². The largest absolute Gasteiger partial charge is 0.310 e. The third-order valence-electron chi connectivity index (χ3n) is 1.67. The van der Waals surface area contributed by atoms with Crippen LogP contribution in [-0.2, 0) is 0 Å².